The van der Waals surface area contributed by atoms with Crippen LogP contribution in [0.1, 0.15) is 29.1 Å². The molecule has 2 amide bonds. The van der Waals surface area contributed by atoms with Crippen molar-refractivity contribution in [2.24, 2.45) is 11.0 Å². The van der Waals surface area contributed by atoms with Crippen LogP contribution in [0.2, 0.25) is 0 Å². The zero-order chi connectivity index (χ0) is 18.5. The van der Waals surface area contributed by atoms with Crippen LogP contribution in [0.4, 0.5) is 0 Å². The van der Waals surface area contributed by atoms with Gasteiger partial charge in [0, 0.05) is 10.4 Å². The molecule has 0 unspecified atom stereocenters. The number of ether oxygens (including phenoxy) is 2. The van der Waals surface area contributed by atoms with Crippen LogP contribution < -0.4 is 20.2 Å². The molecule has 1 aliphatic rings. The number of nitrogens with zero attached hydrogens (tertiary/aromatic N) is 1. The fourth-order valence-corrected chi connectivity index (χ4v) is 2.98. The molecule has 0 saturated heterocycles. The van der Waals surface area contributed by atoms with Gasteiger partial charge in [-0.15, -0.1) is 11.3 Å². The molecule has 2 N–H and O–H groups in total. The zero-order valence-electron chi connectivity index (χ0n) is 14.4. The summed E-state index contributed by atoms with van der Waals surface area (Å²) in [5, 5.41) is 8.61. The molecule has 26 heavy (non-hydrogen) atoms. The van der Waals surface area contributed by atoms with Gasteiger partial charge >= 0.3 is 0 Å². The maximum atomic E-state index is 12.5. The Kier molecular flexibility index (Phi) is 5.52. The van der Waals surface area contributed by atoms with E-state index in [1.54, 1.807) is 24.4 Å². The van der Waals surface area contributed by atoms with Crippen molar-refractivity contribution in [3.05, 3.63) is 46.2 Å². The van der Waals surface area contributed by atoms with E-state index in [0.29, 0.717) is 17.1 Å². The van der Waals surface area contributed by atoms with E-state index in [-0.39, 0.29) is 24.5 Å². The van der Waals surface area contributed by atoms with Crippen molar-refractivity contribution in [3.63, 3.8) is 0 Å². The number of nitrogens with one attached hydrogen (secondary N) is 2. The van der Waals surface area contributed by atoms with E-state index >= 15 is 0 Å². The first kappa shape index (κ1) is 17.9. The fourth-order valence-electron chi connectivity index (χ4n) is 2.39. The standard InChI is InChI=1S/C18H19N3O4S/c1-11(2)16(18(23)21-19-9-13-4-3-7-26-13)20-17(22)12-5-6-14-15(8-12)25-10-24-14/h3-9,11,16H,10H2,1-2H3,(H,20,22)(H,21,23)/b19-9+/t16-/m1/s1. The summed E-state index contributed by atoms with van der Waals surface area (Å²) in [6, 6.07) is 7.98. The minimum Gasteiger partial charge on any atom is -0.454 e. The SMILES string of the molecule is CC(C)[C@@H](NC(=O)c1ccc2c(c1)OCO2)C(=O)N/N=C/c1cccs1. The van der Waals surface area contributed by atoms with Gasteiger partial charge in [0.1, 0.15) is 6.04 Å². The minimum absolute atomic E-state index is 0.107. The van der Waals surface area contributed by atoms with Crippen LogP contribution >= 0.6 is 11.3 Å². The molecule has 3 rings (SSSR count). The zero-order valence-corrected chi connectivity index (χ0v) is 15.2. The first-order chi connectivity index (χ1) is 12.5. The first-order valence-corrected chi connectivity index (χ1v) is 8.99. The van der Waals surface area contributed by atoms with Gasteiger partial charge < -0.3 is 14.8 Å². The third-order valence-electron chi connectivity index (χ3n) is 3.78. The molecule has 0 aliphatic carbocycles. The number of rotatable bonds is 6. The van der Waals surface area contributed by atoms with Gasteiger partial charge in [0.15, 0.2) is 11.5 Å². The van der Waals surface area contributed by atoms with Crippen molar-refractivity contribution in [2.45, 2.75) is 19.9 Å². The summed E-state index contributed by atoms with van der Waals surface area (Å²) in [6.07, 6.45) is 1.57. The van der Waals surface area contributed by atoms with Gasteiger partial charge in [0.05, 0.1) is 6.21 Å². The molecule has 1 aromatic carbocycles. The quantitative estimate of drug-likeness (QED) is 0.601. The van der Waals surface area contributed by atoms with E-state index in [2.05, 4.69) is 15.8 Å². The lowest BCUT2D eigenvalue weighted by molar-refractivity contribution is -0.123. The normalized spacial score (nSPS) is 13.8. The van der Waals surface area contributed by atoms with Gasteiger partial charge in [-0.05, 0) is 35.6 Å². The lowest BCUT2D eigenvalue weighted by atomic mass is 10.0. The van der Waals surface area contributed by atoms with E-state index < -0.39 is 6.04 Å². The molecular formula is C18H19N3O4S. The van der Waals surface area contributed by atoms with E-state index in [9.17, 15) is 9.59 Å². The highest BCUT2D eigenvalue weighted by molar-refractivity contribution is 7.11. The number of amides is 2. The number of hydrazone groups is 1. The number of carbonyl (C=O) groups excluding carboxylic acids is 2. The number of carbonyl (C=O) groups is 2. The van der Waals surface area contributed by atoms with Crippen molar-refractivity contribution in [2.75, 3.05) is 6.79 Å². The molecule has 136 valence electrons. The van der Waals surface area contributed by atoms with Crippen molar-refractivity contribution >= 4 is 29.4 Å². The average Bonchev–Trinajstić information content (AvgIpc) is 3.29. The lowest BCUT2D eigenvalue weighted by Crippen LogP contribution is -2.48. The number of hydrogen-bond acceptors (Lipinski definition) is 6. The van der Waals surface area contributed by atoms with Crippen LogP contribution in [-0.4, -0.2) is 30.9 Å². The number of thiophene rings is 1. The third-order valence-corrected chi connectivity index (χ3v) is 4.59. The summed E-state index contributed by atoms with van der Waals surface area (Å²) < 4.78 is 10.5. The van der Waals surface area contributed by atoms with Crippen LogP contribution in [-0.2, 0) is 4.79 Å². The summed E-state index contributed by atoms with van der Waals surface area (Å²) in [4.78, 5) is 25.8. The molecule has 0 radical (unpaired) electrons. The van der Waals surface area contributed by atoms with Gasteiger partial charge in [-0.2, -0.15) is 5.10 Å². The third kappa shape index (κ3) is 4.20. The molecule has 0 saturated carbocycles. The molecule has 0 spiro atoms. The van der Waals surface area contributed by atoms with Crippen LogP contribution in [0.5, 0.6) is 11.5 Å². The molecule has 1 atom stereocenters. The van der Waals surface area contributed by atoms with Crippen LogP contribution in [0, 0.1) is 5.92 Å². The van der Waals surface area contributed by atoms with Crippen molar-refractivity contribution in [3.8, 4) is 11.5 Å². The molecule has 2 heterocycles. The number of hydrogen-bond donors (Lipinski definition) is 2. The molecule has 1 aliphatic heterocycles. The highest BCUT2D eigenvalue weighted by Gasteiger charge is 2.25. The average molecular weight is 373 g/mol. The summed E-state index contributed by atoms with van der Waals surface area (Å²) in [5.74, 6) is 0.276. The maximum Gasteiger partial charge on any atom is 0.262 e. The lowest BCUT2D eigenvalue weighted by Gasteiger charge is -2.20. The summed E-state index contributed by atoms with van der Waals surface area (Å²) in [7, 11) is 0. The molecule has 2 aromatic rings. The van der Waals surface area contributed by atoms with E-state index in [1.807, 2.05) is 31.4 Å². The van der Waals surface area contributed by atoms with Gasteiger partial charge in [0.25, 0.3) is 11.8 Å². The molecule has 0 bridgehead atoms. The largest absolute Gasteiger partial charge is 0.454 e. The van der Waals surface area contributed by atoms with Crippen LogP contribution in [0.15, 0.2) is 40.8 Å². The second-order valence-corrected chi connectivity index (χ2v) is 6.99. The molecule has 0 fully saturated rings. The van der Waals surface area contributed by atoms with Crippen molar-refractivity contribution < 1.29 is 19.1 Å². The van der Waals surface area contributed by atoms with Crippen molar-refractivity contribution in [1.82, 2.24) is 10.7 Å². The van der Waals surface area contributed by atoms with E-state index in [4.69, 9.17) is 9.47 Å². The number of fused-ring (bicyclic) bond motifs is 1. The summed E-state index contributed by atoms with van der Waals surface area (Å²) >= 11 is 1.51. The highest BCUT2D eigenvalue weighted by Crippen LogP contribution is 2.32. The van der Waals surface area contributed by atoms with E-state index in [0.717, 1.165) is 4.88 Å². The van der Waals surface area contributed by atoms with Crippen LogP contribution in [0.25, 0.3) is 0 Å². The van der Waals surface area contributed by atoms with E-state index in [1.165, 1.54) is 11.3 Å². The Morgan fingerprint density at radius 3 is 2.77 bits per heavy atom. The Hall–Kier alpha value is -2.87. The van der Waals surface area contributed by atoms with Gasteiger partial charge in [-0.25, -0.2) is 5.43 Å². The Labute approximate surface area is 155 Å². The highest BCUT2D eigenvalue weighted by atomic mass is 32.1. The Morgan fingerprint density at radius 1 is 1.23 bits per heavy atom. The Bertz CT molecular complexity index is 818. The molecule has 1 aromatic heterocycles. The maximum absolute atomic E-state index is 12.5. The molecule has 8 heteroatoms. The predicted molar refractivity (Wildman–Crippen MR) is 98.7 cm³/mol. The molecular weight excluding hydrogens is 354 g/mol. The Balaban J connectivity index is 1.64. The van der Waals surface area contributed by atoms with Crippen LogP contribution in [0.3, 0.4) is 0 Å². The summed E-state index contributed by atoms with van der Waals surface area (Å²) in [6.45, 7) is 3.85. The molecule has 7 nitrogen and oxygen atoms in total. The topological polar surface area (TPSA) is 89.0 Å². The smallest absolute Gasteiger partial charge is 0.262 e. The minimum atomic E-state index is -0.714. The van der Waals surface area contributed by atoms with Gasteiger partial charge in [-0.1, -0.05) is 19.9 Å². The number of benzene rings is 1. The first-order valence-electron chi connectivity index (χ1n) is 8.11. The second kappa shape index (κ2) is 8.01. The fraction of sp³-hybridized carbons (Fsp3) is 0.278. The van der Waals surface area contributed by atoms with Crippen molar-refractivity contribution in [1.29, 1.82) is 0 Å². The Morgan fingerprint density at radius 2 is 2.04 bits per heavy atom. The van der Waals surface area contributed by atoms with Gasteiger partial charge in [0.2, 0.25) is 6.79 Å². The summed E-state index contributed by atoms with van der Waals surface area (Å²) in [5.41, 5.74) is 2.88. The van der Waals surface area contributed by atoms with Gasteiger partial charge in [-0.3, -0.25) is 9.59 Å². The second-order valence-electron chi connectivity index (χ2n) is 6.01. The predicted octanol–water partition coefficient (Wildman–Crippen LogP) is 2.38. The monoisotopic (exact) mass is 373 g/mol.